The molecule has 5 heteroatoms. The van der Waals surface area contributed by atoms with E-state index in [9.17, 15) is 0 Å². The molecule has 0 atom stereocenters. The Morgan fingerprint density at radius 1 is 0.348 bits per heavy atom. The van der Waals surface area contributed by atoms with Crippen molar-refractivity contribution in [2.75, 3.05) is 4.90 Å². The van der Waals surface area contributed by atoms with Crippen LogP contribution in [0.1, 0.15) is 0 Å². The van der Waals surface area contributed by atoms with Crippen molar-refractivity contribution in [3.8, 4) is 33.8 Å². The second kappa shape index (κ2) is 13.5. The molecular weight excluding hydrogens is 823 g/mol. The van der Waals surface area contributed by atoms with Crippen LogP contribution in [0.3, 0.4) is 0 Å². The molecule has 11 aromatic carbocycles. The molecule has 66 heavy (non-hydrogen) atoms. The van der Waals surface area contributed by atoms with E-state index in [1.807, 2.05) is 11.3 Å². The van der Waals surface area contributed by atoms with Crippen molar-refractivity contribution >= 4 is 119 Å². The molecule has 0 bridgehead atoms. The van der Waals surface area contributed by atoms with Crippen molar-refractivity contribution in [3.63, 3.8) is 0 Å². The number of hydrogen-bond acceptors (Lipinski definition) is 4. The maximum absolute atomic E-state index is 7.04. The van der Waals surface area contributed by atoms with Gasteiger partial charge < -0.3 is 9.64 Å². The van der Waals surface area contributed by atoms with Crippen LogP contribution in [0.2, 0.25) is 0 Å². The van der Waals surface area contributed by atoms with Gasteiger partial charge in [-0.05, 0) is 145 Å². The second-order valence-electron chi connectivity index (χ2n) is 17.5. The molecule has 1 aliphatic rings. The zero-order valence-electron chi connectivity index (χ0n) is 35.4. The smallest absolute Gasteiger partial charge is 0.152 e. The molecule has 0 amide bonds. The van der Waals surface area contributed by atoms with Gasteiger partial charge in [0.05, 0.1) is 27.9 Å². The number of nitrogens with zero attached hydrogens (tertiary/aromatic N) is 3. The summed E-state index contributed by atoms with van der Waals surface area (Å²) in [6.07, 6.45) is 0. The third-order valence-corrected chi connectivity index (χ3v) is 15.0. The quantitative estimate of drug-likeness (QED) is 0.166. The first-order valence-corrected chi connectivity index (χ1v) is 23.2. The highest BCUT2D eigenvalue weighted by Gasteiger charge is 2.28. The van der Waals surface area contributed by atoms with E-state index in [4.69, 9.17) is 9.72 Å². The van der Waals surface area contributed by atoms with Crippen LogP contribution in [0.5, 0.6) is 11.5 Å². The number of aromatic nitrogens is 2. The molecule has 0 saturated heterocycles. The van der Waals surface area contributed by atoms with Crippen LogP contribution >= 0.6 is 11.3 Å². The Balaban J connectivity index is 0.900. The molecule has 4 heterocycles. The molecule has 0 unspecified atom stereocenters. The third kappa shape index (κ3) is 5.11. The summed E-state index contributed by atoms with van der Waals surface area (Å²) in [5.41, 5.74) is 12.0. The zero-order chi connectivity index (χ0) is 43.0. The van der Waals surface area contributed by atoms with Crippen LogP contribution in [-0.4, -0.2) is 9.38 Å². The van der Waals surface area contributed by atoms with Crippen LogP contribution in [0.4, 0.5) is 17.1 Å². The lowest BCUT2D eigenvalue weighted by Gasteiger charge is -2.33. The average Bonchev–Trinajstić information content (AvgIpc) is 3.96. The number of hydrogen-bond donors (Lipinski definition) is 0. The van der Waals surface area contributed by atoms with E-state index in [2.05, 4.69) is 222 Å². The molecule has 4 nitrogen and oxygen atoms in total. The number of thiophene rings is 1. The fourth-order valence-electron chi connectivity index (χ4n) is 10.9. The highest BCUT2D eigenvalue weighted by atomic mass is 32.1. The van der Waals surface area contributed by atoms with E-state index >= 15 is 0 Å². The first-order chi connectivity index (χ1) is 32.7. The van der Waals surface area contributed by atoms with Crippen molar-refractivity contribution in [1.82, 2.24) is 9.38 Å². The van der Waals surface area contributed by atoms with Gasteiger partial charge in [-0.25, -0.2) is 4.98 Å². The Morgan fingerprint density at radius 2 is 0.894 bits per heavy atom. The number of anilines is 3. The van der Waals surface area contributed by atoms with E-state index < -0.39 is 0 Å². The Labute approximate surface area is 382 Å². The molecule has 15 rings (SSSR count). The van der Waals surface area contributed by atoms with Crippen LogP contribution < -0.4 is 9.64 Å². The molecule has 1 aliphatic heterocycles. The van der Waals surface area contributed by atoms with Gasteiger partial charge >= 0.3 is 0 Å². The first kappa shape index (κ1) is 35.9. The lowest BCUT2D eigenvalue weighted by molar-refractivity contribution is 0.478. The number of ether oxygens (including phenoxy) is 1. The van der Waals surface area contributed by atoms with E-state index in [-0.39, 0.29) is 0 Å². The van der Waals surface area contributed by atoms with Gasteiger partial charge in [0.1, 0.15) is 5.65 Å². The number of rotatable bonds is 3. The van der Waals surface area contributed by atoms with E-state index in [1.54, 1.807) is 0 Å². The summed E-state index contributed by atoms with van der Waals surface area (Å²) in [5, 5.41) is 13.4. The minimum atomic E-state index is 0.833. The molecule has 3 aromatic heterocycles. The minimum absolute atomic E-state index is 0.833. The number of pyridine rings is 1. The summed E-state index contributed by atoms with van der Waals surface area (Å²) in [6.45, 7) is 0. The standard InChI is InChI=1S/C61H35N3OS/c1-2-12-40(13-3-1)63-55-29-25-38(39-23-27-46-45-17-7-11-21-59(45)66-60(46)33-39)32-57(55)65-58-35-51-42-15-5-4-14-41(42)48-30-36(22-26-43(48)50(51)34-56(58)63)37-24-28-47-49(31-37)44-16-6-9-19-53(44)64-54-20-10-8-18-52(54)62-61(47)64/h1-35H. The van der Waals surface area contributed by atoms with Gasteiger partial charge in [0.25, 0.3) is 0 Å². The van der Waals surface area contributed by atoms with Gasteiger partial charge in [-0.2, -0.15) is 0 Å². The van der Waals surface area contributed by atoms with Crippen LogP contribution in [-0.2, 0) is 0 Å². The molecule has 306 valence electrons. The summed E-state index contributed by atoms with van der Waals surface area (Å²) in [4.78, 5) is 7.51. The largest absolute Gasteiger partial charge is 0.453 e. The summed E-state index contributed by atoms with van der Waals surface area (Å²) in [6, 6.07) is 77.3. The van der Waals surface area contributed by atoms with Gasteiger partial charge in [0.2, 0.25) is 0 Å². The zero-order valence-corrected chi connectivity index (χ0v) is 36.2. The van der Waals surface area contributed by atoms with E-state index in [1.165, 1.54) is 80.0 Å². The summed E-state index contributed by atoms with van der Waals surface area (Å²) >= 11 is 1.85. The molecule has 0 aliphatic carbocycles. The highest BCUT2D eigenvalue weighted by molar-refractivity contribution is 7.25. The van der Waals surface area contributed by atoms with Gasteiger partial charge in [-0.3, -0.25) is 4.40 Å². The number of benzene rings is 11. The molecular formula is C61H35N3OS. The number of imidazole rings is 1. The van der Waals surface area contributed by atoms with Crippen molar-refractivity contribution in [1.29, 1.82) is 0 Å². The summed E-state index contributed by atoms with van der Waals surface area (Å²) in [5.74, 6) is 1.67. The maximum atomic E-state index is 7.04. The lowest BCUT2D eigenvalue weighted by atomic mass is 9.90. The Kier molecular flexibility index (Phi) is 7.34. The fourth-order valence-corrected chi connectivity index (χ4v) is 12.0. The van der Waals surface area contributed by atoms with Crippen LogP contribution in [0.25, 0.3) is 113 Å². The molecule has 0 spiro atoms. The lowest BCUT2D eigenvalue weighted by Crippen LogP contribution is -2.16. The van der Waals surface area contributed by atoms with Crippen LogP contribution in [0.15, 0.2) is 212 Å². The highest BCUT2D eigenvalue weighted by Crippen LogP contribution is 2.54. The average molecular weight is 858 g/mol. The molecule has 0 saturated carbocycles. The van der Waals surface area contributed by atoms with E-state index in [0.717, 1.165) is 61.7 Å². The van der Waals surface area contributed by atoms with Crippen LogP contribution in [0, 0.1) is 0 Å². The Hall–Kier alpha value is -8.51. The predicted molar refractivity (Wildman–Crippen MR) is 279 cm³/mol. The van der Waals surface area contributed by atoms with Gasteiger partial charge in [-0.15, -0.1) is 11.3 Å². The molecule has 0 fully saturated rings. The fraction of sp³-hybridized carbons (Fsp3) is 0. The molecule has 14 aromatic rings. The van der Waals surface area contributed by atoms with Gasteiger partial charge in [0.15, 0.2) is 11.5 Å². The monoisotopic (exact) mass is 857 g/mol. The number of fused-ring (bicyclic) bond motifs is 19. The third-order valence-electron chi connectivity index (χ3n) is 13.9. The number of para-hydroxylation sites is 4. The topological polar surface area (TPSA) is 29.8 Å². The SMILES string of the molecule is c1ccc(N2c3ccc(-c4ccc5c(c4)sc4ccccc45)cc3Oc3cc4c5ccccc5c5cc(-c6ccc7c(c6)c6ccccc6n6c8ccccc8nc76)ccc5c4cc32)cc1. The maximum Gasteiger partial charge on any atom is 0.152 e. The summed E-state index contributed by atoms with van der Waals surface area (Å²) in [7, 11) is 0. The van der Waals surface area contributed by atoms with E-state index in [0.29, 0.717) is 0 Å². The summed E-state index contributed by atoms with van der Waals surface area (Å²) < 4.78 is 11.9. The van der Waals surface area contributed by atoms with Crippen molar-refractivity contribution in [2.45, 2.75) is 0 Å². The molecule has 0 radical (unpaired) electrons. The predicted octanol–water partition coefficient (Wildman–Crippen LogP) is 17.5. The Morgan fingerprint density at radius 3 is 1.71 bits per heavy atom. The molecule has 0 N–H and O–H groups in total. The van der Waals surface area contributed by atoms with Crippen molar-refractivity contribution in [2.24, 2.45) is 0 Å². The first-order valence-electron chi connectivity index (χ1n) is 22.4. The Bertz CT molecular complexity index is 4390. The normalized spacial score (nSPS) is 12.6. The van der Waals surface area contributed by atoms with Crippen molar-refractivity contribution < 1.29 is 4.74 Å². The van der Waals surface area contributed by atoms with Gasteiger partial charge in [0, 0.05) is 36.6 Å². The minimum Gasteiger partial charge on any atom is -0.453 e. The second-order valence-corrected chi connectivity index (χ2v) is 18.6. The van der Waals surface area contributed by atoms with Crippen molar-refractivity contribution in [3.05, 3.63) is 212 Å². The van der Waals surface area contributed by atoms with Gasteiger partial charge in [-0.1, -0.05) is 127 Å².